The number of aliphatic hydroxyl groups is 1. The lowest BCUT2D eigenvalue weighted by molar-refractivity contribution is -0.126. The Morgan fingerprint density at radius 3 is 2.93 bits per heavy atom. The van der Waals surface area contributed by atoms with E-state index in [1.807, 2.05) is 6.92 Å². The fourth-order valence-electron chi connectivity index (χ4n) is 2.05. The number of carbonyl (C=O) groups is 1. The SMILES string of the molecule is CCC1C(CO)CCN1C(=O)C#CBr. The molecule has 2 atom stereocenters. The molecule has 1 aliphatic heterocycles. The number of amides is 1. The molecule has 0 saturated carbocycles. The van der Waals surface area contributed by atoms with E-state index in [4.69, 9.17) is 5.11 Å². The smallest absolute Gasteiger partial charge is 0.299 e. The second-order valence-electron chi connectivity index (χ2n) is 3.42. The summed E-state index contributed by atoms with van der Waals surface area (Å²) in [6.45, 7) is 2.90. The minimum Gasteiger partial charge on any atom is -0.396 e. The highest BCUT2D eigenvalue weighted by molar-refractivity contribution is 9.12. The molecule has 3 nitrogen and oxygen atoms in total. The van der Waals surface area contributed by atoms with Crippen LogP contribution in [0, 0.1) is 16.7 Å². The van der Waals surface area contributed by atoms with Crippen LogP contribution in [0.3, 0.4) is 0 Å². The van der Waals surface area contributed by atoms with Crippen LogP contribution >= 0.6 is 15.9 Å². The van der Waals surface area contributed by atoms with Crippen LogP contribution in [0.25, 0.3) is 0 Å². The number of hydrogen-bond acceptors (Lipinski definition) is 2. The monoisotopic (exact) mass is 259 g/mol. The minimum atomic E-state index is -0.148. The maximum absolute atomic E-state index is 11.5. The van der Waals surface area contributed by atoms with Gasteiger partial charge in [-0.05, 0) is 17.7 Å². The normalized spacial score (nSPS) is 25.8. The van der Waals surface area contributed by atoms with E-state index < -0.39 is 0 Å². The van der Waals surface area contributed by atoms with E-state index in [9.17, 15) is 4.79 Å². The molecule has 4 heteroatoms. The van der Waals surface area contributed by atoms with Gasteiger partial charge < -0.3 is 10.0 Å². The number of aliphatic hydroxyl groups excluding tert-OH is 1. The molecule has 0 radical (unpaired) electrons. The number of halogens is 1. The van der Waals surface area contributed by atoms with Crippen LogP contribution < -0.4 is 0 Å². The minimum absolute atomic E-state index is 0.148. The van der Waals surface area contributed by atoms with Gasteiger partial charge in [0.25, 0.3) is 5.91 Å². The Labute approximate surface area is 92.6 Å². The van der Waals surface area contributed by atoms with Crippen LogP contribution in [-0.2, 0) is 4.79 Å². The highest BCUT2D eigenvalue weighted by atomic mass is 79.9. The van der Waals surface area contributed by atoms with E-state index in [2.05, 4.69) is 26.7 Å². The third kappa shape index (κ3) is 2.28. The quantitative estimate of drug-likeness (QED) is 0.751. The summed E-state index contributed by atoms with van der Waals surface area (Å²) in [5.41, 5.74) is 0. The first-order valence-corrected chi connectivity index (χ1v) is 5.57. The lowest BCUT2D eigenvalue weighted by atomic mass is 9.99. The molecular formula is C10H14BrNO2. The van der Waals surface area contributed by atoms with Gasteiger partial charge in [-0.1, -0.05) is 6.92 Å². The summed E-state index contributed by atoms with van der Waals surface area (Å²) in [7, 11) is 0. The topological polar surface area (TPSA) is 40.5 Å². The van der Waals surface area contributed by atoms with Crippen molar-refractivity contribution in [1.29, 1.82) is 0 Å². The molecule has 2 unspecified atom stereocenters. The van der Waals surface area contributed by atoms with Crippen LogP contribution in [0.5, 0.6) is 0 Å². The summed E-state index contributed by atoms with van der Waals surface area (Å²) >= 11 is 2.91. The molecule has 0 aromatic rings. The Balaban J connectivity index is 2.69. The van der Waals surface area contributed by atoms with E-state index in [-0.39, 0.29) is 24.5 Å². The van der Waals surface area contributed by atoms with Crippen molar-refractivity contribution in [2.75, 3.05) is 13.2 Å². The number of rotatable bonds is 2. The Kier molecular flexibility index (Phi) is 4.43. The second kappa shape index (κ2) is 5.38. The molecule has 0 aromatic carbocycles. The van der Waals surface area contributed by atoms with E-state index in [0.717, 1.165) is 12.8 Å². The Bertz CT molecular complexity index is 269. The largest absolute Gasteiger partial charge is 0.396 e. The van der Waals surface area contributed by atoms with Crippen molar-refractivity contribution in [2.45, 2.75) is 25.8 Å². The summed E-state index contributed by atoms with van der Waals surface area (Å²) in [6.07, 6.45) is 1.76. The zero-order valence-electron chi connectivity index (χ0n) is 8.16. The third-order valence-electron chi connectivity index (χ3n) is 2.75. The molecule has 1 N–H and O–H groups in total. The molecule has 1 saturated heterocycles. The van der Waals surface area contributed by atoms with Crippen molar-refractivity contribution >= 4 is 21.8 Å². The highest BCUT2D eigenvalue weighted by Crippen LogP contribution is 2.26. The van der Waals surface area contributed by atoms with Crippen LogP contribution in [0.15, 0.2) is 0 Å². The van der Waals surface area contributed by atoms with Crippen LogP contribution in [0.4, 0.5) is 0 Å². The zero-order valence-corrected chi connectivity index (χ0v) is 9.75. The van der Waals surface area contributed by atoms with Gasteiger partial charge in [0.1, 0.15) is 0 Å². The van der Waals surface area contributed by atoms with Crippen molar-refractivity contribution in [3.63, 3.8) is 0 Å². The maximum Gasteiger partial charge on any atom is 0.299 e. The molecule has 78 valence electrons. The number of nitrogens with zero attached hydrogens (tertiary/aromatic N) is 1. The summed E-state index contributed by atoms with van der Waals surface area (Å²) < 4.78 is 0. The first-order chi connectivity index (χ1) is 6.74. The van der Waals surface area contributed by atoms with Gasteiger partial charge in [0.05, 0.1) is 0 Å². The number of carbonyl (C=O) groups excluding carboxylic acids is 1. The number of likely N-dealkylation sites (tertiary alicyclic amines) is 1. The Morgan fingerprint density at radius 2 is 2.43 bits per heavy atom. The van der Waals surface area contributed by atoms with Gasteiger partial charge in [-0.2, -0.15) is 0 Å². The van der Waals surface area contributed by atoms with Crippen molar-refractivity contribution in [3.8, 4) is 10.8 Å². The van der Waals surface area contributed by atoms with Crippen molar-refractivity contribution in [3.05, 3.63) is 0 Å². The fraction of sp³-hybridized carbons (Fsp3) is 0.700. The predicted molar refractivity (Wildman–Crippen MR) is 57.7 cm³/mol. The van der Waals surface area contributed by atoms with Gasteiger partial charge in [0.15, 0.2) is 0 Å². The van der Waals surface area contributed by atoms with E-state index in [1.54, 1.807) is 4.90 Å². The molecule has 1 fully saturated rings. The molecule has 1 amide bonds. The molecular weight excluding hydrogens is 246 g/mol. The van der Waals surface area contributed by atoms with Gasteiger partial charge >= 0.3 is 0 Å². The van der Waals surface area contributed by atoms with Gasteiger partial charge in [0, 0.05) is 47.0 Å². The van der Waals surface area contributed by atoms with Gasteiger partial charge in [-0.25, -0.2) is 0 Å². The van der Waals surface area contributed by atoms with Crippen LogP contribution in [0.1, 0.15) is 19.8 Å². The zero-order chi connectivity index (χ0) is 10.6. The molecule has 1 heterocycles. The summed E-state index contributed by atoms with van der Waals surface area (Å²) in [5.74, 6) is 2.54. The fourth-order valence-corrected chi connectivity index (χ4v) is 2.22. The molecule has 0 aromatic heterocycles. The summed E-state index contributed by atoms with van der Waals surface area (Å²) in [4.78, 5) is 15.7. The van der Waals surface area contributed by atoms with E-state index in [0.29, 0.717) is 6.54 Å². The van der Waals surface area contributed by atoms with Gasteiger partial charge in [-0.3, -0.25) is 4.79 Å². The molecule has 0 bridgehead atoms. The van der Waals surface area contributed by atoms with Crippen molar-refractivity contribution in [2.24, 2.45) is 5.92 Å². The van der Waals surface area contributed by atoms with Gasteiger partial charge in [0.2, 0.25) is 0 Å². The molecule has 0 spiro atoms. The van der Waals surface area contributed by atoms with Crippen LogP contribution in [0.2, 0.25) is 0 Å². The van der Waals surface area contributed by atoms with Gasteiger partial charge in [-0.15, -0.1) is 0 Å². The molecule has 1 rings (SSSR count). The second-order valence-corrected chi connectivity index (χ2v) is 3.82. The maximum atomic E-state index is 11.5. The van der Waals surface area contributed by atoms with Crippen molar-refractivity contribution in [1.82, 2.24) is 4.90 Å². The summed E-state index contributed by atoms with van der Waals surface area (Å²) in [6, 6.07) is 0.154. The van der Waals surface area contributed by atoms with E-state index >= 15 is 0 Å². The van der Waals surface area contributed by atoms with Crippen molar-refractivity contribution < 1.29 is 9.90 Å². The lowest BCUT2D eigenvalue weighted by Gasteiger charge is -2.24. The Hall–Kier alpha value is -0.530. The standard InChI is InChI=1S/C10H14BrNO2/c1-2-9-8(7-13)4-6-12(9)10(14)3-5-11/h8-9,13H,2,4,6-7H2,1H3. The Morgan fingerprint density at radius 1 is 1.71 bits per heavy atom. The lowest BCUT2D eigenvalue weighted by Crippen LogP contribution is -2.37. The molecule has 0 aliphatic carbocycles. The number of hydrogen-bond donors (Lipinski definition) is 1. The molecule has 14 heavy (non-hydrogen) atoms. The third-order valence-corrected chi connectivity index (χ3v) is 2.95. The van der Waals surface area contributed by atoms with Crippen LogP contribution in [-0.4, -0.2) is 35.1 Å². The first kappa shape index (κ1) is 11.5. The van der Waals surface area contributed by atoms with E-state index in [1.165, 1.54) is 0 Å². The predicted octanol–water partition coefficient (Wildman–Crippen LogP) is 0.962. The first-order valence-electron chi connectivity index (χ1n) is 4.77. The molecule has 1 aliphatic rings. The highest BCUT2D eigenvalue weighted by Gasteiger charge is 2.34. The summed E-state index contributed by atoms with van der Waals surface area (Å²) in [5, 5.41) is 9.11. The average molecular weight is 260 g/mol. The average Bonchev–Trinajstić information content (AvgIpc) is 2.60.